The molecule has 2 heterocycles. The summed E-state index contributed by atoms with van der Waals surface area (Å²) in [4.78, 5) is 26.2. The van der Waals surface area contributed by atoms with E-state index in [4.69, 9.17) is 0 Å². The van der Waals surface area contributed by atoms with E-state index < -0.39 is 0 Å². The zero-order valence-electron chi connectivity index (χ0n) is 10.1. The molecule has 2 fully saturated rings. The van der Waals surface area contributed by atoms with Gasteiger partial charge in [-0.1, -0.05) is 0 Å². The number of amides is 4. The molecule has 0 unspecified atom stereocenters. The molecule has 0 aromatic rings. The van der Waals surface area contributed by atoms with Crippen LogP contribution in [0.3, 0.4) is 0 Å². The van der Waals surface area contributed by atoms with Crippen molar-refractivity contribution in [2.45, 2.75) is 19.3 Å². The number of rotatable bonds is 6. The van der Waals surface area contributed by atoms with Gasteiger partial charge in [-0.2, -0.15) is 0 Å². The Morgan fingerprint density at radius 1 is 0.824 bits per heavy atom. The summed E-state index contributed by atoms with van der Waals surface area (Å²) in [5.41, 5.74) is 0. The lowest BCUT2D eigenvalue weighted by atomic mass is 10.2. The molecule has 0 bridgehead atoms. The normalized spacial score (nSPS) is 19.8. The first-order valence-electron chi connectivity index (χ1n) is 6.33. The Hall–Kier alpha value is -1.46. The summed E-state index contributed by atoms with van der Waals surface area (Å²) in [5.74, 6) is 0. The number of nitrogens with zero attached hydrogens (tertiary/aromatic N) is 2. The van der Waals surface area contributed by atoms with Gasteiger partial charge in [-0.3, -0.25) is 0 Å². The molecule has 0 atom stereocenters. The number of carbonyl (C=O) groups excluding carboxylic acids is 2. The second-order valence-electron chi connectivity index (χ2n) is 4.50. The van der Waals surface area contributed by atoms with Gasteiger partial charge < -0.3 is 20.4 Å². The van der Waals surface area contributed by atoms with Gasteiger partial charge in [0.1, 0.15) is 0 Å². The first kappa shape index (κ1) is 12.0. The van der Waals surface area contributed by atoms with E-state index in [2.05, 4.69) is 10.6 Å². The second-order valence-corrected chi connectivity index (χ2v) is 4.50. The van der Waals surface area contributed by atoms with Gasteiger partial charge >= 0.3 is 12.1 Å². The predicted molar refractivity (Wildman–Crippen MR) is 63.8 cm³/mol. The SMILES string of the molecule is O=C1NCCN1CCCCCN1CCNC1=O. The van der Waals surface area contributed by atoms with Crippen molar-refractivity contribution in [1.82, 2.24) is 20.4 Å². The van der Waals surface area contributed by atoms with Gasteiger partial charge in [-0.25, -0.2) is 9.59 Å². The molecule has 2 rings (SSSR count). The minimum atomic E-state index is 0.0592. The fourth-order valence-electron chi connectivity index (χ4n) is 2.23. The Bertz CT molecular complexity index is 267. The Morgan fingerprint density at radius 3 is 1.65 bits per heavy atom. The Kier molecular flexibility index (Phi) is 4.06. The Labute approximate surface area is 101 Å². The van der Waals surface area contributed by atoms with Crippen LogP contribution >= 0.6 is 0 Å². The fraction of sp³-hybridized carbons (Fsp3) is 0.818. The van der Waals surface area contributed by atoms with Crippen molar-refractivity contribution in [2.75, 3.05) is 39.3 Å². The highest BCUT2D eigenvalue weighted by atomic mass is 16.2. The maximum atomic E-state index is 11.2. The van der Waals surface area contributed by atoms with Gasteiger partial charge in [-0.05, 0) is 19.3 Å². The van der Waals surface area contributed by atoms with Crippen molar-refractivity contribution in [3.8, 4) is 0 Å². The molecule has 0 aliphatic carbocycles. The average molecular weight is 240 g/mol. The minimum Gasteiger partial charge on any atom is -0.336 e. The first-order valence-corrected chi connectivity index (χ1v) is 6.33. The summed E-state index contributed by atoms with van der Waals surface area (Å²) < 4.78 is 0. The van der Waals surface area contributed by atoms with Crippen molar-refractivity contribution in [2.24, 2.45) is 0 Å². The van der Waals surface area contributed by atoms with E-state index in [0.717, 1.165) is 58.5 Å². The van der Waals surface area contributed by atoms with E-state index in [1.54, 1.807) is 0 Å². The third-order valence-electron chi connectivity index (χ3n) is 3.25. The van der Waals surface area contributed by atoms with Crippen LogP contribution < -0.4 is 10.6 Å². The minimum absolute atomic E-state index is 0.0592. The van der Waals surface area contributed by atoms with Crippen molar-refractivity contribution in [3.63, 3.8) is 0 Å². The third-order valence-corrected chi connectivity index (χ3v) is 3.25. The van der Waals surface area contributed by atoms with Crippen molar-refractivity contribution < 1.29 is 9.59 Å². The molecule has 0 aromatic carbocycles. The number of urea groups is 2. The van der Waals surface area contributed by atoms with Gasteiger partial charge in [0, 0.05) is 39.3 Å². The molecule has 17 heavy (non-hydrogen) atoms. The second kappa shape index (κ2) is 5.75. The first-order chi connectivity index (χ1) is 8.27. The largest absolute Gasteiger partial charge is 0.336 e. The summed E-state index contributed by atoms with van der Waals surface area (Å²) in [6.07, 6.45) is 3.10. The van der Waals surface area contributed by atoms with E-state index in [9.17, 15) is 9.59 Å². The molecular weight excluding hydrogens is 220 g/mol. The predicted octanol–water partition coefficient (Wildman–Crippen LogP) is 0.207. The van der Waals surface area contributed by atoms with E-state index in [1.807, 2.05) is 9.80 Å². The van der Waals surface area contributed by atoms with Crippen LogP contribution in [0.1, 0.15) is 19.3 Å². The van der Waals surface area contributed by atoms with Crippen LogP contribution in [0.15, 0.2) is 0 Å². The topological polar surface area (TPSA) is 64.7 Å². The Balaban J connectivity index is 1.51. The summed E-state index contributed by atoms with van der Waals surface area (Å²) in [6.45, 7) is 4.86. The molecule has 0 spiro atoms. The molecular formula is C11H20N4O2. The summed E-state index contributed by atoms with van der Waals surface area (Å²) in [6, 6.07) is 0.118. The van der Waals surface area contributed by atoms with Crippen LogP contribution in [-0.2, 0) is 0 Å². The summed E-state index contributed by atoms with van der Waals surface area (Å²) >= 11 is 0. The number of carbonyl (C=O) groups is 2. The highest BCUT2D eigenvalue weighted by Crippen LogP contribution is 2.05. The van der Waals surface area contributed by atoms with E-state index in [-0.39, 0.29) is 12.1 Å². The maximum Gasteiger partial charge on any atom is 0.317 e. The fourth-order valence-corrected chi connectivity index (χ4v) is 2.23. The standard InChI is InChI=1S/C11H20N4O2/c16-10-12-4-8-14(10)6-2-1-3-7-15-9-5-13-11(15)17/h1-9H2,(H,12,16)(H,13,17). The monoisotopic (exact) mass is 240 g/mol. The van der Waals surface area contributed by atoms with Crippen LogP contribution in [0.4, 0.5) is 9.59 Å². The van der Waals surface area contributed by atoms with Crippen molar-refractivity contribution in [1.29, 1.82) is 0 Å². The Morgan fingerprint density at radius 2 is 1.29 bits per heavy atom. The van der Waals surface area contributed by atoms with Gasteiger partial charge in [0.2, 0.25) is 0 Å². The molecule has 0 saturated carbocycles. The van der Waals surface area contributed by atoms with Crippen LogP contribution in [0.2, 0.25) is 0 Å². The van der Waals surface area contributed by atoms with Gasteiger partial charge in [0.25, 0.3) is 0 Å². The van der Waals surface area contributed by atoms with Crippen LogP contribution in [0.5, 0.6) is 0 Å². The van der Waals surface area contributed by atoms with Crippen LogP contribution in [0, 0.1) is 0 Å². The van der Waals surface area contributed by atoms with Crippen molar-refractivity contribution >= 4 is 12.1 Å². The molecule has 0 radical (unpaired) electrons. The van der Waals surface area contributed by atoms with Crippen LogP contribution in [-0.4, -0.2) is 61.1 Å². The molecule has 2 N–H and O–H groups in total. The van der Waals surface area contributed by atoms with E-state index in [1.165, 1.54) is 0 Å². The van der Waals surface area contributed by atoms with E-state index >= 15 is 0 Å². The zero-order chi connectivity index (χ0) is 12.1. The molecule has 2 saturated heterocycles. The average Bonchev–Trinajstić information content (AvgIpc) is 2.89. The highest BCUT2D eigenvalue weighted by molar-refractivity contribution is 5.76. The summed E-state index contributed by atoms with van der Waals surface area (Å²) in [7, 11) is 0. The number of hydrogen-bond donors (Lipinski definition) is 2. The molecule has 2 aliphatic rings. The maximum absolute atomic E-state index is 11.2. The van der Waals surface area contributed by atoms with Gasteiger partial charge in [0.15, 0.2) is 0 Å². The van der Waals surface area contributed by atoms with Gasteiger partial charge in [-0.15, -0.1) is 0 Å². The summed E-state index contributed by atoms with van der Waals surface area (Å²) in [5, 5.41) is 5.57. The lowest BCUT2D eigenvalue weighted by molar-refractivity contribution is 0.214. The molecule has 96 valence electrons. The lowest BCUT2D eigenvalue weighted by Crippen LogP contribution is -2.30. The molecule has 4 amide bonds. The molecule has 2 aliphatic heterocycles. The smallest absolute Gasteiger partial charge is 0.317 e. The number of hydrogen-bond acceptors (Lipinski definition) is 2. The highest BCUT2D eigenvalue weighted by Gasteiger charge is 2.19. The molecule has 6 heteroatoms. The van der Waals surface area contributed by atoms with Crippen molar-refractivity contribution in [3.05, 3.63) is 0 Å². The van der Waals surface area contributed by atoms with Gasteiger partial charge in [0.05, 0.1) is 0 Å². The van der Waals surface area contributed by atoms with E-state index in [0.29, 0.717) is 0 Å². The quantitative estimate of drug-likeness (QED) is 0.652. The van der Waals surface area contributed by atoms with Crippen LogP contribution in [0.25, 0.3) is 0 Å². The number of nitrogens with one attached hydrogen (secondary N) is 2. The zero-order valence-corrected chi connectivity index (χ0v) is 10.1. The molecule has 0 aromatic heterocycles. The lowest BCUT2D eigenvalue weighted by Gasteiger charge is -2.15. The molecule has 6 nitrogen and oxygen atoms in total. The third kappa shape index (κ3) is 3.25. The number of unbranched alkanes of at least 4 members (excludes halogenated alkanes) is 2.